The normalized spacial score (nSPS) is 17.8. The lowest BCUT2D eigenvalue weighted by atomic mass is 9.87. The molecule has 0 aromatic heterocycles. The van der Waals surface area contributed by atoms with Crippen molar-refractivity contribution in [3.63, 3.8) is 0 Å². The van der Waals surface area contributed by atoms with E-state index in [9.17, 15) is 0 Å². The Morgan fingerprint density at radius 1 is 0.931 bits per heavy atom. The minimum Gasteiger partial charge on any atom is -0.497 e. The van der Waals surface area contributed by atoms with Gasteiger partial charge in [0.2, 0.25) is 0 Å². The van der Waals surface area contributed by atoms with Gasteiger partial charge in [0, 0.05) is 24.6 Å². The van der Waals surface area contributed by atoms with Crippen molar-refractivity contribution in [2.24, 2.45) is 0 Å². The molecule has 1 aliphatic rings. The fraction of sp³-hybridized carbons (Fsp3) is 0.280. The van der Waals surface area contributed by atoms with Crippen LogP contribution in [0.1, 0.15) is 29.6 Å². The van der Waals surface area contributed by atoms with Crippen molar-refractivity contribution in [2.75, 3.05) is 26.8 Å². The second-order valence-electron chi connectivity index (χ2n) is 7.22. The first-order valence-corrected chi connectivity index (χ1v) is 10.1. The SMILES string of the molecule is COc1ccc2c(c1)C(CNCCOc1ccccc1)CC(c1ccccc1)O2. The molecule has 0 fully saturated rings. The van der Waals surface area contributed by atoms with Crippen LogP contribution < -0.4 is 19.5 Å². The third-order valence-corrected chi connectivity index (χ3v) is 5.28. The van der Waals surface area contributed by atoms with Crippen LogP contribution in [0.3, 0.4) is 0 Å². The summed E-state index contributed by atoms with van der Waals surface area (Å²) < 4.78 is 17.5. The molecule has 0 spiro atoms. The summed E-state index contributed by atoms with van der Waals surface area (Å²) in [5, 5.41) is 3.55. The van der Waals surface area contributed by atoms with Crippen LogP contribution in [0.2, 0.25) is 0 Å². The quantitative estimate of drug-likeness (QED) is 0.552. The van der Waals surface area contributed by atoms with Crippen LogP contribution >= 0.6 is 0 Å². The molecule has 3 aromatic carbocycles. The fourth-order valence-corrected chi connectivity index (χ4v) is 3.77. The molecule has 29 heavy (non-hydrogen) atoms. The lowest BCUT2D eigenvalue weighted by molar-refractivity contribution is 0.158. The van der Waals surface area contributed by atoms with E-state index < -0.39 is 0 Å². The number of ether oxygens (including phenoxy) is 3. The monoisotopic (exact) mass is 389 g/mol. The molecule has 2 atom stereocenters. The maximum Gasteiger partial charge on any atom is 0.124 e. The highest BCUT2D eigenvalue weighted by atomic mass is 16.5. The topological polar surface area (TPSA) is 39.7 Å². The summed E-state index contributed by atoms with van der Waals surface area (Å²) in [6, 6.07) is 26.4. The van der Waals surface area contributed by atoms with E-state index in [2.05, 4.69) is 35.6 Å². The van der Waals surface area contributed by atoms with Gasteiger partial charge in [0.05, 0.1) is 7.11 Å². The standard InChI is InChI=1S/C25H27NO3/c1-27-22-12-13-24-23(17-22)20(16-25(29-24)19-8-4-2-5-9-19)18-26-14-15-28-21-10-6-3-7-11-21/h2-13,17,20,25-26H,14-16,18H2,1H3. The molecule has 4 heteroatoms. The molecule has 0 saturated heterocycles. The summed E-state index contributed by atoms with van der Waals surface area (Å²) in [4.78, 5) is 0. The van der Waals surface area contributed by atoms with E-state index in [1.165, 1.54) is 11.1 Å². The Hall–Kier alpha value is -2.98. The molecule has 1 N–H and O–H groups in total. The molecule has 150 valence electrons. The predicted octanol–water partition coefficient (Wildman–Crippen LogP) is 4.97. The second-order valence-corrected chi connectivity index (χ2v) is 7.22. The van der Waals surface area contributed by atoms with Crippen LogP contribution in [0, 0.1) is 0 Å². The Labute approximate surface area is 172 Å². The maximum atomic E-state index is 6.33. The zero-order valence-electron chi connectivity index (χ0n) is 16.7. The zero-order chi connectivity index (χ0) is 19.9. The van der Waals surface area contributed by atoms with E-state index in [1.54, 1.807) is 7.11 Å². The minimum atomic E-state index is 0.0597. The van der Waals surface area contributed by atoms with Gasteiger partial charge in [0.1, 0.15) is 30.0 Å². The molecular weight excluding hydrogens is 362 g/mol. The molecule has 4 nitrogen and oxygen atoms in total. The molecular formula is C25H27NO3. The third kappa shape index (κ3) is 4.90. The molecule has 0 radical (unpaired) electrons. The number of nitrogens with one attached hydrogen (secondary N) is 1. The first-order valence-electron chi connectivity index (χ1n) is 10.1. The van der Waals surface area contributed by atoms with Crippen molar-refractivity contribution in [3.8, 4) is 17.2 Å². The van der Waals surface area contributed by atoms with E-state index >= 15 is 0 Å². The van der Waals surface area contributed by atoms with Gasteiger partial charge in [-0.1, -0.05) is 48.5 Å². The van der Waals surface area contributed by atoms with Crippen molar-refractivity contribution >= 4 is 0 Å². The van der Waals surface area contributed by atoms with Gasteiger partial charge in [-0.05, 0) is 42.3 Å². The zero-order valence-corrected chi connectivity index (χ0v) is 16.7. The molecule has 1 heterocycles. The number of methoxy groups -OCH3 is 1. The van der Waals surface area contributed by atoms with Crippen LogP contribution in [0.15, 0.2) is 78.9 Å². The summed E-state index contributed by atoms with van der Waals surface area (Å²) in [5.41, 5.74) is 2.42. The van der Waals surface area contributed by atoms with Gasteiger partial charge in [-0.2, -0.15) is 0 Å². The number of hydrogen-bond acceptors (Lipinski definition) is 4. The number of para-hydroxylation sites is 1. The van der Waals surface area contributed by atoms with Crippen LogP contribution in [-0.2, 0) is 0 Å². The largest absolute Gasteiger partial charge is 0.497 e. The molecule has 1 aliphatic heterocycles. The highest BCUT2D eigenvalue weighted by molar-refractivity contribution is 5.45. The van der Waals surface area contributed by atoms with Crippen molar-refractivity contribution in [1.29, 1.82) is 0 Å². The lowest BCUT2D eigenvalue weighted by Gasteiger charge is -2.33. The van der Waals surface area contributed by atoms with Crippen molar-refractivity contribution in [1.82, 2.24) is 5.32 Å². The molecule has 0 aliphatic carbocycles. The molecule has 4 rings (SSSR count). The maximum absolute atomic E-state index is 6.33. The number of fused-ring (bicyclic) bond motifs is 1. The average Bonchev–Trinajstić information content (AvgIpc) is 2.79. The lowest BCUT2D eigenvalue weighted by Crippen LogP contribution is -2.30. The van der Waals surface area contributed by atoms with Gasteiger partial charge < -0.3 is 19.5 Å². The number of hydrogen-bond donors (Lipinski definition) is 1. The van der Waals surface area contributed by atoms with Gasteiger partial charge in [-0.15, -0.1) is 0 Å². The van der Waals surface area contributed by atoms with E-state index in [4.69, 9.17) is 14.2 Å². The molecule has 0 bridgehead atoms. The Morgan fingerprint density at radius 3 is 2.45 bits per heavy atom. The summed E-state index contributed by atoms with van der Waals surface area (Å²) in [5.74, 6) is 3.05. The third-order valence-electron chi connectivity index (χ3n) is 5.28. The van der Waals surface area contributed by atoms with Crippen LogP contribution in [-0.4, -0.2) is 26.8 Å². The summed E-state index contributed by atoms with van der Waals surface area (Å²) in [6.07, 6.45) is 0.987. The van der Waals surface area contributed by atoms with Crippen molar-refractivity contribution < 1.29 is 14.2 Å². The minimum absolute atomic E-state index is 0.0597. The van der Waals surface area contributed by atoms with Gasteiger partial charge >= 0.3 is 0 Å². The Morgan fingerprint density at radius 2 is 1.69 bits per heavy atom. The Kier molecular flexibility index (Phi) is 6.32. The Bertz CT molecular complexity index is 898. The number of rotatable bonds is 8. The summed E-state index contributed by atoms with van der Waals surface area (Å²) in [6.45, 7) is 2.30. The predicted molar refractivity (Wildman–Crippen MR) is 115 cm³/mol. The first-order chi connectivity index (χ1) is 14.3. The van der Waals surface area contributed by atoms with Crippen LogP contribution in [0.4, 0.5) is 0 Å². The van der Waals surface area contributed by atoms with E-state index in [0.29, 0.717) is 12.5 Å². The van der Waals surface area contributed by atoms with Gasteiger partial charge in [-0.25, -0.2) is 0 Å². The Balaban J connectivity index is 1.41. The highest BCUT2D eigenvalue weighted by Crippen LogP contribution is 2.43. The fourth-order valence-electron chi connectivity index (χ4n) is 3.77. The summed E-state index contributed by atoms with van der Waals surface area (Å²) in [7, 11) is 1.70. The number of benzene rings is 3. The van der Waals surface area contributed by atoms with Crippen LogP contribution in [0.5, 0.6) is 17.2 Å². The second kappa shape index (κ2) is 9.48. The van der Waals surface area contributed by atoms with E-state index in [0.717, 1.165) is 36.8 Å². The van der Waals surface area contributed by atoms with Gasteiger partial charge in [0.15, 0.2) is 0 Å². The molecule has 0 saturated carbocycles. The van der Waals surface area contributed by atoms with E-state index in [-0.39, 0.29) is 6.10 Å². The van der Waals surface area contributed by atoms with Crippen molar-refractivity contribution in [3.05, 3.63) is 90.0 Å². The summed E-state index contributed by atoms with van der Waals surface area (Å²) >= 11 is 0. The molecule has 2 unspecified atom stereocenters. The smallest absolute Gasteiger partial charge is 0.124 e. The molecule has 3 aromatic rings. The molecule has 0 amide bonds. The van der Waals surface area contributed by atoms with Crippen LogP contribution in [0.25, 0.3) is 0 Å². The van der Waals surface area contributed by atoms with E-state index in [1.807, 2.05) is 48.5 Å². The van der Waals surface area contributed by atoms with Crippen molar-refractivity contribution in [2.45, 2.75) is 18.4 Å². The van der Waals surface area contributed by atoms with Gasteiger partial charge in [0.25, 0.3) is 0 Å². The average molecular weight is 389 g/mol. The van der Waals surface area contributed by atoms with Gasteiger partial charge in [-0.3, -0.25) is 0 Å². The first kappa shape index (κ1) is 19.3. The highest BCUT2D eigenvalue weighted by Gasteiger charge is 2.29.